The summed E-state index contributed by atoms with van der Waals surface area (Å²) in [6.07, 6.45) is 7.71. The number of fused-ring (bicyclic) bond motifs is 7. The van der Waals surface area contributed by atoms with Gasteiger partial charge in [-0.2, -0.15) is 0 Å². The molecule has 2 bridgehead atoms. The van der Waals surface area contributed by atoms with Crippen LogP contribution in [-0.4, -0.2) is 52.6 Å². The van der Waals surface area contributed by atoms with Crippen LogP contribution in [0.1, 0.15) is 86.5 Å². The third-order valence-corrected chi connectivity index (χ3v) is 13.5. The predicted octanol–water partition coefficient (Wildman–Crippen LogP) is 4.28. The molecule has 6 aliphatic rings. The summed E-state index contributed by atoms with van der Waals surface area (Å²) in [5.74, 6) is 0.998. The van der Waals surface area contributed by atoms with Gasteiger partial charge >= 0.3 is 0 Å². The van der Waals surface area contributed by atoms with Gasteiger partial charge in [-0.3, -0.25) is 4.79 Å². The number of Topliss-reactive ketones (excluding diaryl/α,β-unsaturated/α-hetero) is 1. The van der Waals surface area contributed by atoms with E-state index in [1.54, 1.807) is 0 Å². The van der Waals surface area contributed by atoms with Gasteiger partial charge in [0.15, 0.2) is 0 Å². The molecule has 4 saturated carbocycles. The maximum Gasteiger partial charge on any atom is 0.141 e. The molecule has 196 valence electrons. The van der Waals surface area contributed by atoms with Crippen LogP contribution in [0.15, 0.2) is 11.6 Å². The molecule has 5 heteroatoms. The fourth-order valence-electron chi connectivity index (χ4n) is 11.3. The summed E-state index contributed by atoms with van der Waals surface area (Å²) >= 11 is 0. The zero-order valence-electron chi connectivity index (χ0n) is 22.6. The number of carbonyl (C=O) groups is 1. The summed E-state index contributed by atoms with van der Waals surface area (Å²) in [6, 6.07) is 0. The molecule has 6 rings (SSSR count). The van der Waals surface area contributed by atoms with Crippen molar-refractivity contribution in [2.24, 2.45) is 50.2 Å². The normalized spacial score (nSPS) is 58.2. The van der Waals surface area contributed by atoms with Gasteiger partial charge in [0.2, 0.25) is 0 Å². The topological polar surface area (TPSA) is 87.0 Å². The smallest absolute Gasteiger partial charge is 0.141 e. The molecule has 0 amide bonds. The van der Waals surface area contributed by atoms with Gasteiger partial charge in [-0.05, 0) is 77.9 Å². The molecule has 0 aromatic heterocycles. The van der Waals surface area contributed by atoms with Crippen LogP contribution < -0.4 is 0 Å². The summed E-state index contributed by atoms with van der Waals surface area (Å²) in [7, 11) is 0. The highest BCUT2D eigenvalue weighted by Gasteiger charge is 2.75. The number of ether oxygens (including phenoxy) is 1. The van der Waals surface area contributed by atoms with E-state index in [-0.39, 0.29) is 64.7 Å². The fourth-order valence-corrected chi connectivity index (χ4v) is 11.3. The first-order valence-corrected chi connectivity index (χ1v) is 14.1. The van der Waals surface area contributed by atoms with Gasteiger partial charge in [0.1, 0.15) is 5.78 Å². The van der Waals surface area contributed by atoms with Gasteiger partial charge in [-0.25, -0.2) is 0 Å². The Labute approximate surface area is 210 Å². The Morgan fingerprint density at radius 3 is 2.37 bits per heavy atom. The Morgan fingerprint density at radius 1 is 1.00 bits per heavy atom. The third-order valence-electron chi connectivity index (χ3n) is 13.5. The summed E-state index contributed by atoms with van der Waals surface area (Å²) in [5, 5.41) is 32.7. The lowest BCUT2D eigenvalue weighted by Crippen LogP contribution is -2.68. The fraction of sp³-hybridized carbons (Fsp3) is 0.900. The molecule has 1 unspecified atom stereocenters. The standard InChI is InChI=1S/C30H46O5/c1-25(2)13-18-17-7-8-20-26(3)11-10-21(33)27(4,15-31)19(26)9-12-28(20,5)29(17,6)14-22-30(18,16-32)23(34)24(25)35-22/h7,18-20,22-24,31-32,34H,8-16H2,1-6H3/t18-,19?,20+,22+,23+,24+,26-,27+,28+,29+,30-/m0/s1. The Bertz CT molecular complexity index is 987. The summed E-state index contributed by atoms with van der Waals surface area (Å²) in [6.45, 7) is 13.7. The van der Waals surface area contributed by atoms with E-state index in [9.17, 15) is 20.1 Å². The van der Waals surface area contributed by atoms with E-state index in [1.165, 1.54) is 5.57 Å². The Hall–Kier alpha value is -0.750. The van der Waals surface area contributed by atoms with Crippen LogP contribution in [0.4, 0.5) is 0 Å². The van der Waals surface area contributed by atoms with E-state index in [1.807, 2.05) is 6.92 Å². The molecule has 1 heterocycles. The highest BCUT2D eigenvalue weighted by atomic mass is 16.5. The van der Waals surface area contributed by atoms with Crippen LogP contribution >= 0.6 is 0 Å². The van der Waals surface area contributed by atoms with Crippen molar-refractivity contribution >= 4 is 5.78 Å². The molecule has 5 fully saturated rings. The van der Waals surface area contributed by atoms with Gasteiger partial charge in [0, 0.05) is 6.42 Å². The molecule has 0 spiro atoms. The lowest BCUT2D eigenvalue weighted by molar-refractivity contribution is -0.200. The second-order valence-electron chi connectivity index (χ2n) is 15.0. The van der Waals surface area contributed by atoms with Crippen molar-refractivity contribution in [3.8, 4) is 0 Å². The number of aliphatic hydroxyl groups is 3. The van der Waals surface area contributed by atoms with Crippen LogP contribution in [0.3, 0.4) is 0 Å². The zero-order valence-corrected chi connectivity index (χ0v) is 22.6. The maximum absolute atomic E-state index is 13.0. The Morgan fingerprint density at radius 2 is 1.71 bits per heavy atom. The van der Waals surface area contributed by atoms with Crippen molar-refractivity contribution in [3.05, 3.63) is 11.6 Å². The first kappa shape index (κ1) is 24.6. The number of aliphatic hydroxyl groups excluding tert-OH is 3. The van der Waals surface area contributed by atoms with E-state index in [2.05, 4.69) is 40.7 Å². The van der Waals surface area contributed by atoms with E-state index < -0.39 is 16.9 Å². The quantitative estimate of drug-likeness (QED) is 0.507. The average Bonchev–Trinajstić information content (AvgIpc) is 3.05. The molecule has 1 aliphatic heterocycles. The van der Waals surface area contributed by atoms with Crippen LogP contribution in [0, 0.1) is 50.2 Å². The molecule has 5 aliphatic carbocycles. The van der Waals surface area contributed by atoms with Crippen molar-refractivity contribution in [2.75, 3.05) is 13.2 Å². The van der Waals surface area contributed by atoms with Crippen molar-refractivity contribution in [2.45, 2.75) is 105 Å². The van der Waals surface area contributed by atoms with Crippen LogP contribution in [0.25, 0.3) is 0 Å². The number of hydrogen-bond donors (Lipinski definition) is 3. The minimum atomic E-state index is -0.640. The first-order chi connectivity index (χ1) is 16.3. The highest BCUT2D eigenvalue weighted by Crippen LogP contribution is 2.77. The van der Waals surface area contributed by atoms with Crippen molar-refractivity contribution in [1.82, 2.24) is 0 Å². The predicted molar refractivity (Wildman–Crippen MR) is 133 cm³/mol. The number of carbonyl (C=O) groups excluding carboxylic acids is 1. The molecule has 0 aromatic carbocycles. The highest BCUT2D eigenvalue weighted by molar-refractivity contribution is 5.86. The summed E-state index contributed by atoms with van der Waals surface area (Å²) < 4.78 is 6.70. The van der Waals surface area contributed by atoms with Gasteiger partial charge in [0.25, 0.3) is 0 Å². The van der Waals surface area contributed by atoms with Crippen LogP contribution in [-0.2, 0) is 9.53 Å². The molecule has 11 atom stereocenters. The number of hydrogen-bond acceptors (Lipinski definition) is 5. The Kier molecular flexibility index (Phi) is 4.92. The average molecular weight is 487 g/mol. The second-order valence-corrected chi connectivity index (χ2v) is 15.0. The Balaban J connectivity index is 1.48. The van der Waals surface area contributed by atoms with Gasteiger partial charge in [-0.1, -0.05) is 53.2 Å². The zero-order chi connectivity index (χ0) is 25.4. The van der Waals surface area contributed by atoms with Crippen molar-refractivity contribution < 1.29 is 24.9 Å². The van der Waals surface area contributed by atoms with E-state index in [0.29, 0.717) is 12.3 Å². The van der Waals surface area contributed by atoms with Crippen molar-refractivity contribution in [3.63, 3.8) is 0 Å². The monoisotopic (exact) mass is 486 g/mol. The maximum atomic E-state index is 13.0. The van der Waals surface area contributed by atoms with Gasteiger partial charge in [0.05, 0.1) is 42.4 Å². The van der Waals surface area contributed by atoms with Crippen LogP contribution in [0.2, 0.25) is 0 Å². The summed E-state index contributed by atoms with van der Waals surface area (Å²) in [4.78, 5) is 13.0. The molecular weight excluding hydrogens is 440 g/mol. The lowest BCUT2D eigenvalue weighted by atomic mass is 9.33. The molecule has 3 N–H and O–H groups in total. The number of allylic oxidation sites excluding steroid dienone is 2. The third kappa shape index (κ3) is 2.53. The minimum absolute atomic E-state index is 0.00245. The molecular formula is C30H46O5. The van der Waals surface area contributed by atoms with Gasteiger partial charge < -0.3 is 20.1 Å². The summed E-state index contributed by atoms with van der Waals surface area (Å²) in [5.41, 5.74) is 0.0441. The number of ketones is 1. The van der Waals surface area contributed by atoms with Gasteiger partial charge in [-0.15, -0.1) is 0 Å². The first-order valence-electron chi connectivity index (χ1n) is 14.1. The van der Waals surface area contributed by atoms with E-state index in [4.69, 9.17) is 4.74 Å². The largest absolute Gasteiger partial charge is 0.396 e. The van der Waals surface area contributed by atoms with E-state index in [0.717, 1.165) is 38.5 Å². The molecule has 1 saturated heterocycles. The van der Waals surface area contributed by atoms with Crippen molar-refractivity contribution in [1.29, 1.82) is 0 Å². The minimum Gasteiger partial charge on any atom is -0.396 e. The lowest BCUT2D eigenvalue weighted by Gasteiger charge is -2.70. The SMILES string of the molecule is CC1(C)C[C@H]2C3=CC[C@@H]4[C@@]5(C)CCC(=O)[C@](C)(CO)C5CC[C@@]4(C)[C@]3(C)C[C@H]3O[C@@H]1[C@@H](O)[C@]32CO. The van der Waals surface area contributed by atoms with E-state index >= 15 is 0 Å². The van der Waals surface area contributed by atoms with Crippen LogP contribution in [0.5, 0.6) is 0 Å². The number of rotatable bonds is 2. The molecule has 0 radical (unpaired) electrons. The molecule has 5 nitrogen and oxygen atoms in total. The molecule has 0 aromatic rings. The molecule has 35 heavy (non-hydrogen) atoms. The second kappa shape index (κ2) is 7.01.